The molecule has 96 valence electrons. The van der Waals surface area contributed by atoms with E-state index in [1.807, 2.05) is 0 Å². The minimum absolute atomic E-state index is 0.0720. The van der Waals surface area contributed by atoms with Gasteiger partial charge in [-0.15, -0.1) is 11.3 Å². The number of halogens is 3. The Labute approximate surface area is 118 Å². The van der Waals surface area contributed by atoms with Crippen molar-refractivity contribution in [2.75, 3.05) is 0 Å². The molecule has 0 N–H and O–H groups in total. The second kappa shape index (κ2) is 5.93. The van der Waals surface area contributed by atoms with Crippen LogP contribution in [-0.4, -0.2) is 0 Å². The molecule has 0 fully saturated rings. The molecule has 18 heavy (non-hydrogen) atoms. The third kappa shape index (κ3) is 3.18. The van der Waals surface area contributed by atoms with Gasteiger partial charge in [-0.25, -0.2) is 8.78 Å². The van der Waals surface area contributed by atoms with Crippen LogP contribution in [0.5, 0.6) is 0 Å². The Kier molecular flexibility index (Phi) is 4.51. The zero-order chi connectivity index (χ0) is 13.1. The lowest BCUT2D eigenvalue weighted by Crippen LogP contribution is -1.97. The highest BCUT2D eigenvalue weighted by atomic mass is 79.9. The van der Waals surface area contributed by atoms with Gasteiger partial charge in [0.25, 0.3) is 0 Å². The van der Waals surface area contributed by atoms with Crippen molar-refractivity contribution in [3.8, 4) is 0 Å². The quantitative estimate of drug-likeness (QED) is 0.670. The summed E-state index contributed by atoms with van der Waals surface area (Å²) in [5, 5.41) is 0. The first-order chi connectivity index (χ1) is 8.60. The van der Waals surface area contributed by atoms with Gasteiger partial charge in [-0.05, 0) is 36.6 Å². The molecule has 1 atom stereocenters. The van der Waals surface area contributed by atoms with Crippen LogP contribution >= 0.6 is 27.3 Å². The Morgan fingerprint density at radius 3 is 2.61 bits per heavy atom. The van der Waals surface area contributed by atoms with Gasteiger partial charge < -0.3 is 0 Å². The van der Waals surface area contributed by atoms with Crippen LogP contribution in [0.15, 0.2) is 30.3 Å². The highest BCUT2D eigenvalue weighted by Crippen LogP contribution is 2.33. The third-order valence-corrected chi connectivity index (χ3v) is 5.22. The molecule has 0 radical (unpaired) electrons. The first kappa shape index (κ1) is 13.7. The predicted octanol–water partition coefficient (Wildman–Crippen LogP) is 5.27. The molecule has 0 saturated heterocycles. The van der Waals surface area contributed by atoms with E-state index in [0.29, 0.717) is 12.0 Å². The van der Waals surface area contributed by atoms with Gasteiger partial charge in [-0.3, -0.25) is 0 Å². The number of thiophene rings is 1. The van der Waals surface area contributed by atoms with E-state index in [0.717, 1.165) is 12.5 Å². The standard InChI is InChI=1S/C14H13BrF2S/c1-2-11-5-6-14(18-11)12(15)7-9-3-4-10(16)8-13(9)17/h3-6,8,12H,2,7H2,1H3. The molecule has 1 aromatic carbocycles. The monoisotopic (exact) mass is 330 g/mol. The van der Waals surface area contributed by atoms with E-state index < -0.39 is 11.6 Å². The molecule has 2 rings (SSSR count). The number of hydrogen-bond donors (Lipinski definition) is 0. The summed E-state index contributed by atoms with van der Waals surface area (Å²) in [7, 11) is 0. The van der Waals surface area contributed by atoms with Crippen LogP contribution in [-0.2, 0) is 12.8 Å². The SMILES string of the molecule is CCc1ccc(C(Br)Cc2ccc(F)cc2F)s1. The Balaban J connectivity index is 2.13. The molecule has 0 nitrogen and oxygen atoms in total. The van der Waals surface area contributed by atoms with Gasteiger partial charge in [-0.2, -0.15) is 0 Å². The minimum Gasteiger partial charge on any atom is -0.207 e. The van der Waals surface area contributed by atoms with Gasteiger partial charge in [0.1, 0.15) is 11.6 Å². The Hall–Kier alpha value is -0.740. The van der Waals surface area contributed by atoms with Gasteiger partial charge in [0.05, 0.1) is 4.83 Å². The van der Waals surface area contributed by atoms with Crippen LogP contribution in [0.1, 0.15) is 27.1 Å². The summed E-state index contributed by atoms with van der Waals surface area (Å²) in [6, 6.07) is 7.89. The minimum atomic E-state index is -0.535. The fourth-order valence-corrected chi connectivity index (χ4v) is 3.45. The highest BCUT2D eigenvalue weighted by Gasteiger charge is 2.14. The molecule has 1 aromatic heterocycles. The topological polar surface area (TPSA) is 0 Å². The van der Waals surface area contributed by atoms with Crippen molar-refractivity contribution < 1.29 is 8.78 Å². The van der Waals surface area contributed by atoms with Crippen molar-refractivity contribution in [1.82, 2.24) is 0 Å². The maximum Gasteiger partial charge on any atom is 0.129 e. The number of rotatable bonds is 4. The van der Waals surface area contributed by atoms with Crippen molar-refractivity contribution in [2.24, 2.45) is 0 Å². The van der Waals surface area contributed by atoms with Gasteiger partial charge in [0, 0.05) is 15.8 Å². The average Bonchev–Trinajstić information content (AvgIpc) is 2.81. The average molecular weight is 331 g/mol. The molecule has 1 unspecified atom stereocenters. The molecular weight excluding hydrogens is 318 g/mol. The molecule has 1 heterocycles. The van der Waals surface area contributed by atoms with E-state index >= 15 is 0 Å². The van der Waals surface area contributed by atoms with Gasteiger partial charge in [-0.1, -0.05) is 28.9 Å². The van der Waals surface area contributed by atoms with Crippen molar-refractivity contribution >= 4 is 27.3 Å². The number of hydrogen-bond acceptors (Lipinski definition) is 1. The number of aryl methyl sites for hydroxylation is 1. The van der Waals surface area contributed by atoms with Gasteiger partial charge in [0.15, 0.2) is 0 Å². The molecule has 4 heteroatoms. The smallest absolute Gasteiger partial charge is 0.129 e. The molecule has 0 saturated carbocycles. The van der Waals surface area contributed by atoms with Crippen LogP contribution in [0.4, 0.5) is 8.78 Å². The van der Waals surface area contributed by atoms with E-state index in [2.05, 4.69) is 35.0 Å². The maximum atomic E-state index is 13.5. The van der Waals surface area contributed by atoms with Crippen LogP contribution in [0.3, 0.4) is 0 Å². The van der Waals surface area contributed by atoms with E-state index in [-0.39, 0.29) is 4.83 Å². The summed E-state index contributed by atoms with van der Waals surface area (Å²) in [6.07, 6.45) is 1.53. The third-order valence-electron chi connectivity index (χ3n) is 2.75. The number of alkyl halides is 1. The van der Waals surface area contributed by atoms with Crippen LogP contribution in [0.2, 0.25) is 0 Å². The first-order valence-electron chi connectivity index (χ1n) is 5.76. The zero-order valence-electron chi connectivity index (χ0n) is 9.92. The normalized spacial score (nSPS) is 12.7. The Bertz CT molecular complexity index is 536. The lowest BCUT2D eigenvalue weighted by atomic mass is 10.1. The largest absolute Gasteiger partial charge is 0.207 e. The predicted molar refractivity (Wildman–Crippen MR) is 75.4 cm³/mol. The number of benzene rings is 1. The van der Waals surface area contributed by atoms with E-state index in [1.54, 1.807) is 11.3 Å². The summed E-state index contributed by atoms with van der Waals surface area (Å²) in [5.41, 5.74) is 0.532. The lowest BCUT2D eigenvalue weighted by molar-refractivity contribution is 0.571. The van der Waals surface area contributed by atoms with Crippen molar-refractivity contribution in [3.63, 3.8) is 0 Å². The summed E-state index contributed by atoms with van der Waals surface area (Å²) in [6.45, 7) is 2.11. The molecule has 0 aliphatic heterocycles. The fourth-order valence-electron chi connectivity index (χ4n) is 1.73. The van der Waals surface area contributed by atoms with Crippen molar-refractivity contribution in [1.29, 1.82) is 0 Å². The second-order valence-corrected chi connectivity index (χ2v) is 6.37. The lowest BCUT2D eigenvalue weighted by Gasteiger charge is -2.08. The van der Waals surface area contributed by atoms with E-state index in [4.69, 9.17) is 0 Å². The second-order valence-electron chi connectivity index (χ2n) is 4.07. The summed E-state index contributed by atoms with van der Waals surface area (Å²) < 4.78 is 26.3. The summed E-state index contributed by atoms with van der Waals surface area (Å²) in [5.74, 6) is -1.02. The molecule has 0 aliphatic rings. The van der Waals surface area contributed by atoms with Crippen LogP contribution in [0.25, 0.3) is 0 Å². The molecule has 0 spiro atoms. The summed E-state index contributed by atoms with van der Waals surface area (Å²) in [4.78, 5) is 2.56. The van der Waals surface area contributed by atoms with Crippen LogP contribution in [0, 0.1) is 11.6 Å². The van der Waals surface area contributed by atoms with Gasteiger partial charge in [0.2, 0.25) is 0 Å². The Morgan fingerprint density at radius 2 is 2.00 bits per heavy atom. The van der Waals surface area contributed by atoms with Crippen LogP contribution < -0.4 is 0 Å². The van der Waals surface area contributed by atoms with Crippen molar-refractivity contribution in [2.45, 2.75) is 24.6 Å². The van der Waals surface area contributed by atoms with Crippen molar-refractivity contribution in [3.05, 3.63) is 57.3 Å². The Morgan fingerprint density at radius 1 is 1.22 bits per heavy atom. The first-order valence-corrected chi connectivity index (χ1v) is 7.50. The fraction of sp³-hybridized carbons (Fsp3) is 0.286. The molecule has 0 aliphatic carbocycles. The van der Waals surface area contributed by atoms with Gasteiger partial charge >= 0.3 is 0 Å². The summed E-state index contributed by atoms with van der Waals surface area (Å²) >= 11 is 5.29. The molecule has 0 bridgehead atoms. The molecule has 0 amide bonds. The van der Waals surface area contributed by atoms with E-state index in [9.17, 15) is 8.78 Å². The highest BCUT2D eigenvalue weighted by molar-refractivity contribution is 9.09. The maximum absolute atomic E-state index is 13.5. The molecular formula is C14H13BrF2S. The molecule has 2 aromatic rings. The zero-order valence-corrected chi connectivity index (χ0v) is 12.3. The van der Waals surface area contributed by atoms with E-state index in [1.165, 1.54) is 21.9 Å².